The molecule has 0 saturated heterocycles. The Morgan fingerprint density at radius 3 is 2.43 bits per heavy atom. The molecule has 0 radical (unpaired) electrons. The van der Waals surface area contributed by atoms with E-state index in [4.69, 9.17) is 23.2 Å². The van der Waals surface area contributed by atoms with Gasteiger partial charge in [-0.15, -0.1) is 0 Å². The second-order valence-electron chi connectivity index (χ2n) is 5.02. The van der Waals surface area contributed by atoms with Crippen LogP contribution in [0.4, 0.5) is 5.69 Å². The van der Waals surface area contributed by atoms with Gasteiger partial charge in [0.15, 0.2) is 0 Å². The molecule has 23 heavy (non-hydrogen) atoms. The van der Waals surface area contributed by atoms with Gasteiger partial charge >= 0.3 is 11.8 Å². The summed E-state index contributed by atoms with van der Waals surface area (Å²) in [6.45, 7) is 2.18. The van der Waals surface area contributed by atoms with Gasteiger partial charge < -0.3 is 10.6 Å². The number of rotatable bonds is 4. The summed E-state index contributed by atoms with van der Waals surface area (Å²) >= 11 is 12.0. The summed E-state index contributed by atoms with van der Waals surface area (Å²) < 4.78 is 0. The highest BCUT2D eigenvalue weighted by Crippen LogP contribution is 2.19. The quantitative estimate of drug-likeness (QED) is 0.827. The Labute approximate surface area is 144 Å². The highest BCUT2D eigenvalue weighted by Gasteiger charge is 2.13. The van der Waals surface area contributed by atoms with E-state index in [9.17, 15) is 9.59 Å². The highest BCUT2D eigenvalue weighted by atomic mass is 35.5. The zero-order valence-corrected chi connectivity index (χ0v) is 14.0. The third-order valence-corrected chi connectivity index (χ3v) is 4.05. The zero-order valence-electron chi connectivity index (χ0n) is 12.5. The second kappa shape index (κ2) is 7.99. The minimum Gasteiger partial charge on any atom is -0.347 e. The number of hydrogen-bond acceptors (Lipinski definition) is 2. The average Bonchev–Trinajstić information content (AvgIpc) is 2.52. The number of carbonyl (C=O) groups is 2. The molecular weight excluding hydrogens is 335 g/mol. The predicted octanol–water partition coefficient (Wildman–Crippen LogP) is 3.60. The lowest BCUT2D eigenvalue weighted by Crippen LogP contribution is -2.36. The molecule has 0 heterocycles. The molecule has 2 amide bonds. The van der Waals surface area contributed by atoms with Crippen LogP contribution in [0, 0.1) is 6.92 Å². The molecule has 0 spiro atoms. The van der Waals surface area contributed by atoms with Gasteiger partial charge in [-0.25, -0.2) is 0 Å². The Balaban J connectivity index is 1.84. The maximum Gasteiger partial charge on any atom is 0.313 e. The second-order valence-corrected chi connectivity index (χ2v) is 5.83. The standard InChI is InChI=1S/C17H16Cl2N2O2/c1-11-6-7-13(10-15(11)19)21-17(23)16(22)20-9-8-12-4-2-3-5-14(12)18/h2-7,10H,8-9H2,1H3,(H,20,22)(H,21,23). The summed E-state index contributed by atoms with van der Waals surface area (Å²) in [6.07, 6.45) is 0.551. The number of aryl methyl sites for hydroxylation is 1. The van der Waals surface area contributed by atoms with Crippen LogP contribution in [-0.4, -0.2) is 18.4 Å². The summed E-state index contributed by atoms with van der Waals surface area (Å²) in [4.78, 5) is 23.6. The molecule has 2 aromatic rings. The van der Waals surface area contributed by atoms with E-state index in [2.05, 4.69) is 10.6 Å². The fourth-order valence-corrected chi connectivity index (χ4v) is 2.36. The fourth-order valence-electron chi connectivity index (χ4n) is 1.95. The molecule has 0 fully saturated rings. The van der Waals surface area contributed by atoms with Crippen LogP contribution in [0.2, 0.25) is 10.0 Å². The molecule has 6 heteroatoms. The number of amides is 2. The van der Waals surface area contributed by atoms with Crippen molar-refractivity contribution in [3.05, 3.63) is 63.6 Å². The van der Waals surface area contributed by atoms with Crippen molar-refractivity contribution in [1.29, 1.82) is 0 Å². The summed E-state index contributed by atoms with van der Waals surface area (Å²) in [5.41, 5.74) is 2.29. The van der Waals surface area contributed by atoms with Crippen LogP contribution in [0.25, 0.3) is 0 Å². The van der Waals surface area contributed by atoms with E-state index in [0.29, 0.717) is 28.7 Å². The lowest BCUT2D eigenvalue weighted by atomic mass is 10.1. The van der Waals surface area contributed by atoms with E-state index < -0.39 is 11.8 Å². The predicted molar refractivity (Wildman–Crippen MR) is 93.0 cm³/mol. The van der Waals surface area contributed by atoms with Crippen molar-refractivity contribution in [3.63, 3.8) is 0 Å². The van der Waals surface area contributed by atoms with Crippen LogP contribution in [0.1, 0.15) is 11.1 Å². The van der Waals surface area contributed by atoms with Gasteiger partial charge in [-0.3, -0.25) is 9.59 Å². The van der Waals surface area contributed by atoms with Crippen LogP contribution in [0.5, 0.6) is 0 Å². The Kier molecular flexibility index (Phi) is 6.02. The van der Waals surface area contributed by atoms with Gasteiger partial charge in [0.05, 0.1) is 0 Å². The number of nitrogens with one attached hydrogen (secondary N) is 2. The van der Waals surface area contributed by atoms with E-state index in [1.807, 2.05) is 25.1 Å². The Bertz CT molecular complexity index is 732. The molecule has 120 valence electrons. The number of benzene rings is 2. The summed E-state index contributed by atoms with van der Waals surface area (Å²) in [7, 11) is 0. The van der Waals surface area contributed by atoms with Crippen molar-refractivity contribution in [1.82, 2.24) is 5.32 Å². The Hall–Kier alpha value is -2.04. The van der Waals surface area contributed by atoms with Crippen molar-refractivity contribution in [3.8, 4) is 0 Å². The molecule has 0 bridgehead atoms. The SMILES string of the molecule is Cc1ccc(NC(=O)C(=O)NCCc2ccccc2Cl)cc1Cl. The van der Waals surface area contributed by atoms with Gasteiger partial charge in [-0.05, 0) is 42.7 Å². The minimum absolute atomic E-state index is 0.324. The minimum atomic E-state index is -0.732. The first-order chi connectivity index (χ1) is 11.0. The van der Waals surface area contributed by atoms with Crippen molar-refractivity contribution >= 4 is 40.7 Å². The monoisotopic (exact) mass is 350 g/mol. The number of halogens is 2. The fraction of sp³-hybridized carbons (Fsp3) is 0.176. The lowest BCUT2D eigenvalue weighted by molar-refractivity contribution is -0.136. The molecule has 2 aromatic carbocycles. The maximum absolute atomic E-state index is 11.8. The number of hydrogen-bond donors (Lipinski definition) is 2. The van der Waals surface area contributed by atoms with Crippen LogP contribution in [0.15, 0.2) is 42.5 Å². The van der Waals surface area contributed by atoms with Crippen molar-refractivity contribution in [2.24, 2.45) is 0 Å². The average molecular weight is 351 g/mol. The summed E-state index contributed by atoms with van der Waals surface area (Å²) in [6, 6.07) is 12.4. The molecule has 0 atom stereocenters. The third-order valence-electron chi connectivity index (χ3n) is 3.27. The van der Waals surface area contributed by atoms with Crippen LogP contribution in [0.3, 0.4) is 0 Å². The van der Waals surface area contributed by atoms with Crippen LogP contribution < -0.4 is 10.6 Å². The molecule has 0 saturated carbocycles. The van der Waals surface area contributed by atoms with E-state index >= 15 is 0 Å². The van der Waals surface area contributed by atoms with Gasteiger partial charge in [0.2, 0.25) is 0 Å². The topological polar surface area (TPSA) is 58.2 Å². The van der Waals surface area contributed by atoms with Gasteiger partial charge in [-0.1, -0.05) is 47.5 Å². The molecule has 0 aromatic heterocycles. The number of carbonyl (C=O) groups excluding carboxylic acids is 2. The van der Waals surface area contributed by atoms with Gasteiger partial charge in [0.25, 0.3) is 0 Å². The Morgan fingerprint density at radius 1 is 1.00 bits per heavy atom. The molecule has 0 unspecified atom stereocenters. The van der Waals surface area contributed by atoms with E-state index in [1.165, 1.54) is 0 Å². The van der Waals surface area contributed by atoms with E-state index in [1.54, 1.807) is 24.3 Å². The van der Waals surface area contributed by atoms with Crippen molar-refractivity contribution < 1.29 is 9.59 Å². The van der Waals surface area contributed by atoms with E-state index in [0.717, 1.165) is 11.1 Å². The summed E-state index contributed by atoms with van der Waals surface area (Å²) in [5.74, 6) is -1.43. The first-order valence-corrected chi connectivity index (χ1v) is 7.81. The molecule has 0 aliphatic rings. The van der Waals surface area contributed by atoms with Crippen molar-refractivity contribution in [2.75, 3.05) is 11.9 Å². The smallest absolute Gasteiger partial charge is 0.313 e. The molecule has 0 aliphatic carbocycles. The molecule has 2 rings (SSSR count). The molecular formula is C17H16Cl2N2O2. The molecule has 2 N–H and O–H groups in total. The highest BCUT2D eigenvalue weighted by molar-refractivity contribution is 6.40. The first kappa shape index (κ1) is 17.3. The van der Waals surface area contributed by atoms with Crippen LogP contribution in [-0.2, 0) is 16.0 Å². The van der Waals surface area contributed by atoms with Gasteiger partial charge in [-0.2, -0.15) is 0 Å². The third kappa shape index (κ3) is 4.98. The molecule has 0 aliphatic heterocycles. The van der Waals surface area contributed by atoms with Crippen LogP contribution >= 0.6 is 23.2 Å². The number of anilines is 1. The van der Waals surface area contributed by atoms with Crippen molar-refractivity contribution in [2.45, 2.75) is 13.3 Å². The van der Waals surface area contributed by atoms with E-state index in [-0.39, 0.29) is 0 Å². The van der Waals surface area contributed by atoms with Gasteiger partial charge in [0.1, 0.15) is 0 Å². The van der Waals surface area contributed by atoms with Gasteiger partial charge in [0, 0.05) is 22.3 Å². The zero-order chi connectivity index (χ0) is 16.8. The normalized spacial score (nSPS) is 10.2. The summed E-state index contributed by atoms with van der Waals surface area (Å²) in [5, 5.41) is 6.24. The maximum atomic E-state index is 11.8. The molecule has 4 nitrogen and oxygen atoms in total. The Morgan fingerprint density at radius 2 is 1.74 bits per heavy atom. The lowest BCUT2D eigenvalue weighted by Gasteiger charge is -2.08. The largest absolute Gasteiger partial charge is 0.347 e. The first-order valence-electron chi connectivity index (χ1n) is 7.06.